The van der Waals surface area contributed by atoms with Crippen LogP contribution >= 0.6 is 0 Å². The van der Waals surface area contributed by atoms with Gasteiger partial charge in [-0.25, -0.2) is 4.39 Å². The molecule has 5 nitrogen and oxygen atoms in total. The zero-order valence-corrected chi connectivity index (χ0v) is 18.5. The van der Waals surface area contributed by atoms with Crippen LogP contribution < -0.4 is 0 Å². The zero-order chi connectivity index (χ0) is 24.1. The summed E-state index contributed by atoms with van der Waals surface area (Å²) in [5.74, 6) is -1.01. The second-order valence-electron chi connectivity index (χ2n) is 9.01. The summed E-state index contributed by atoms with van der Waals surface area (Å²) in [6.45, 7) is 0.547. The molecule has 0 spiro atoms. The number of benzene rings is 1. The SMILES string of the molecule is CN1CCc2c(ccnc2-c2cc(C3(c4cc(F)cc(C(F)(F)F)c4)CCCC3)cnn2)C1=O. The quantitative estimate of drug-likeness (QED) is 0.495. The van der Waals surface area contributed by atoms with Gasteiger partial charge in [0.15, 0.2) is 0 Å². The average molecular weight is 470 g/mol. The molecule has 3 heterocycles. The van der Waals surface area contributed by atoms with Gasteiger partial charge in [-0.3, -0.25) is 9.78 Å². The van der Waals surface area contributed by atoms with E-state index in [0.29, 0.717) is 54.4 Å². The number of hydrogen-bond acceptors (Lipinski definition) is 4. The highest BCUT2D eigenvalue weighted by Crippen LogP contribution is 2.48. The summed E-state index contributed by atoms with van der Waals surface area (Å²) in [6, 6.07) is 6.22. The minimum absolute atomic E-state index is 0.0966. The van der Waals surface area contributed by atoms with E-state index in [0.717, 1.165) is 24.5 Å². The van der Waals surface area contributed by atoms with Crippen LogP contribution in [0.15, 0.2) is 42.7 Å². The van der Waals surface area contributed by atoms with Gasteiger partial charge < -0.3 is 4.90 Å². The summed E-state index contributed by atoms with van der Waals surface area (Å²) in [4.78, 5) is 18.7. The lowest BCUT2D eigenvalue weighted by Crippen LogP contribution is -2.34. The number of amides is 1. The number of alkyl halides is 3. The van der Waals surface area contributed by atoms with Gasteiger partial charge in [0.2, 0.25) is 0 Å². The number of pyridine rings is 1. The third kappa shape index (κ3) is 3.73. The Hall–Kier alpha value is -3.36. The topological polar surface area (TPSA) is 59.0 Å². The molecule has 0 N–H and O–H groups in total. The first-order valence-corrected chi connectivity index (χ1v) is 11.1. The van der Waals surface area contributed by atoms with Crippen LogP contribution in [-0.4, -0.2) is 39.6 Å². The fourth-order valence-corrected chi connectivity index (χ4v) is 5.25. The van der Waals surface area contributed by atoms with Crippen molar-refractivity contribution >= 4 is 5.91 Å². The second kappa shape index (κ2) is 8.14. The maximum Gasteiger partial charge on any atom is 0.416 e. The van der Waals surface area contributed by atoms with Gasteiger partial charge in [0, 0.05) is 30.8 Å². The highest BCUT2D eigenvalue weighted by atomic mass is 19.4. The van der Waals surface area contributed by atoms with Gasteiger partial charge in [-0.2, -0.15) is 18.3 Å². The Bertz CT molecular complexity index is 1270. The van der Waals surface area contributed by atoms with E-state index in [1.165, 1.54) is 6.07 Å². The third-order valence-corrected chi connectivity index (χ3v) is 7.01. The average Bonchev–Trinajstić information content (AvgIpc) is 3.32. The Balaban J connectivity index is 1.64. The van der Waals surface area contributed by atoms with E-state index in [1.807, 2.05) is 0 Å². The molecule has 176 valence electrons. The molecule has 0 atom stereocenters. The molecule has 0 unspecified atom stereocenters. The first kappa shape index (κ1) is 22.4. The van der Waals surface area contributed by atoms with E-state index in [2.05, 4.69) is 15.2 Å². The predicted octanol–water partition coefficient (Wildman–Crippen LogP) is 5.18. The van der Waals surface area contributed by atoms with Crippen molar-refractivity contribution in [3.8, 4) is 11.4 Å². The van der Waals surface area contributed by atoms with Gasteiger partial charge in [0.25, 0.3) is 5.91 Å². The highest BCUT2D eigenvalue weighted by molar-refractivity contribution is 5.98. The first-order chi connectivity index (χ1) is 16.2. The molecule has 1 amide bonds. The molecule has 2 aliphatic rings. The second-order valence-corrected chi connectivity index (χ2v) is 9.01. The van der Waals surface area contributed by atoms with E-state index in [9.17, 15) is 22.4 Å². The number of nitrogens with zero attached hydrogens (tertiary/aromatic N) is 4. The van der Waals surface area contributed by atoms with Crippen molar-refractivity contribution in [1.82, 2.24) is 20.1 Å². The monoisotopic (exact) mass is 470 g/mol. The maximum absolute atomic E-state index is 14.3. The summed E-state index contributed by atoms with van der Waals surface area (Å²) in [7, 11) is 1.74. The van der Waals surface area contributed by atoms with Gasteiger partial charge in [-0.1, -0.05) is 12.8 Å². The smallest absolute Gasteiger partial charge is 0.341 e. The number of rotatable bonds is 3. The molecule has 2 aromatic heterocycles. The van der Waals surface area contributed by atoms with Crippen molar-refractivity contribution in [1.29, 1.82) is 0 Å². The summed E-state index contributed by atoms with van der Waals surface area (Å²) in [5.41, 5.74) is 1.48. The van der Waals surface area contributed by atoms with Crippen molar-refractivity contribution in [3.05, 3.63) is 76.4 Å². The fourth-order valence-electron chi connectivity index (χ4n) is 5.25. The molecule has 0 radical (unpaired) electrons. The Labute approximate surface area is 193 Å². The summed E-state index contributed by atoms with van der Waals surface area (Å²) >= 11 is 0. The van der Waals surface area contributed by atoms with Gasteiger partial charge in [-0.05, 0) is 66.3 Å². The van der Waals surface area contributed by atoms with Crippen molar-refractivity contribution < 1.29 is 22.4 Å². The van der Waals surface area contributed by atoms with Crippen LogP contribution in [0.25, 0.3) is 11.4 Å². The molecule has 5 rings (SSSR count). The number of aromatic nitrogens is 3. The van der Waals surface area contributed by atoms with Crippen molar-refractivity contribution in [2.75, 3.05) is 13.6 Å². The van der Waals surface area contributed by atoms with E-state index >= 15 is 0 Å². The summed E-state index contributed by atoms with van der Waals surface area (Å²) in [5, 5.41) is 8.39. The van der Waals surface area contributed by atoms with E-state index in [4.69, 9.17) is 0 Å². The standard InChI is InChI=1S/C25H22F4N4O/c1-33-9-5-19-20(23(33)34)4-8-30-22(19)21-13-17(14-31-32-21)24(6-2-3-7-24)15-10-16(25(27,28)29)12-18(26)11-15/h4,8,10-14H,2-3,5-7,9H2,1H3. The maximum atomic E-state index is 14.3. The molecule has 9 heteroatoms. The number of halogens is 4. The largest absolute Gasteiger partial charge is 0.416 e. The van der Waals surface area contributed by atoms with Gasteiger partial charge in [-0.15, -0.1) is 5.10 Å². The normalized spacial score (nSPS) is 17.7. The molecule has 0 saturated heterocycles. The number of likely N-dealkylation sites (N-methyl/N-ethyl adjacent to an activating group) is 1. The minimum atomic E-state index is -4.65. The molecule has 3 aromatic rings. The number of carbonyl (C=O) groups is 1. The van der Waals surface area contributed by atoms with E-state index < -0.39 is 23.0 Å². The van der Waals surface area contributed by atoms with Crippen LogP contribution in [0.1, 0.15) is 58.3 Å². The molecule has 1 fully saturated rings. The van der Waals surface area contributed by atoms with Gasteiger partial charge in [0.1, 0.15) is 11.5 Å². The number of fused-ring (bicyclic) bond motifs is 1. The predicted molar refractivity (Wildman–Crippen MR) is 117 cm³/mol. The van der Waals surface area contributed by atoms with Crippen LogP contribution in [0.3, 0.4) is 0 Å². The molecule has 0 bridgehead atoms. The molecule has 1 aromatic carbocycles. The highest BCUT2D eigenvalue weighted by Gasteiger charge is 2.41. The van der Waals surface area contributed by atoms with Crippen LogP contribution in [-0.2, 0) is 18.0 Å². The molecule has 34 heavy (non-hydrogen) atoms. The summed E-state index contributed by atoms with van der Waals surface area (Å²) < 4.78 is 54.6. The molecule has 1 aliphatic carbocycles. The lowest BCUT2D eigenvalue weighted by atomic mass is 9.73. The fraction of sp³-hybridized carbons (Fsp3) is 0.360. The van der Waals surface area contributed by atoms with Crippen LogP contribution in [0.2, 0.25) is 0 Å². The van der Waals surface area contributed by atoms with E-state index in [-0.39, 0.29) is 11.5 Å². The van der Waals surface area contributed by atoms with Crippen LogP contribution in [0.4, 0.5) is 17.6 Å². The Morgan fingerprint density at radius 2 is 1.82 bits per heavy atom. The lowest BCUT2D eigenvalue weighted by Gasteiger charge is -2.31. The third-order valence-electron chi connectivity index (χ3n) is 7.01. The molecule has 1 aliphatic heterocycles. The van der Waals surface area contributed by atoms with Crippen molar-refractivity contribution in [3.63, 3.8) is 0 Å². The Morgan fingerprint density at radius 3 is 2.56 bits per heavy atom. The van der Waals surface area contributed by atoms with Crippen LogP contribution in [0, 0.1) is 5.82 Å². The first-order valence-electron chi connectivity index (χ1n) is 11.1. The van der Waals surface area contributed by atoms with Gasteiger partial charge in [0.05, 0.1) is 17.5 Å². The van der Waals surface area contributed by atoms with Crippen LogP contribution in [0.5, 0.6) is 0 Å². The zero-order valence-electron chi connectivity index (χ0n) is 18.5. The minimum Gasteiger partial charge on any atom is -0.341 e. The molecule has 1 saturated carbocycles. The van der Waals surface area contributed by atoms with Gasteiger partial charge >= 0.3 is 6.18 Å². The van der Waals surface area contributed by atoms with E-state index in [1.54, 1.807) is 36.5 Å². The number of carbonyl (C=O) groups excluding carboxylic acids is 1. The Morgan fingerprint density at radius 1 is 1.06 bits per heavy atom. The van der Waals surface area contributed by atoms with Crippen molar-refractivity contribution in [2.45, 2.75) is 43.7 Å². The van der Waals surface area contributed by atoms with Crippen molar-refractivity contribution in [2.24, 2.45) is 0 Å². The summed E-state index contributed by atoms with van der Waals surface area (Å²) in [6.07, 6.45) is 1.80. The molecular weight excluding hydrogens is 448 g/mol. The number of hydrogen-bond donors (Lipinski definition) is 0. The lowest BCUT2D eigenvalue weighted by molar-refractivity contribution is -0.137. The Kier molecular flexibility index (Phi) is 5.37. The molecular formula is C25H22F4N4O.